The van der Waals surface area contributed by atoms with Crippen LogP contribution in [0.5, 0.6) is 0 Å². The number of rotatable bonds is 4. The zero-order valence-electron chi connectivity index (χ0n) is 11.9. The fraction of sp³-hybridized carbons (Fsp3) is 0.333. The Morgan fingerprint density at radius 3 is 2.82 bits per heavy atom. The lowest BCUT2D eigenvalue weighted by Crippen LogP contribution is -2.19. The van der Waals surface area contributed by atoms with E-state index in [9.17, 15) is 18.0 Å². The van der Waals surface area contributed by atoms with Crippen molar-refractivity contribution in [3.8, 4) is 0 Å². The number of halogens is 3. The van der Waals surface area contributed by atoms with Crippen molar-refractivity contribution >= 4 is 17.7 Å². The number of nitrogens with one attached hydrogen (secondary N) is 1. The number of pyridine rings is 1. The molecule has 2 heterocycles. The second-order valence-corrected chi connectivity index (χ2v) is 5.73. The minimum absolute atomic E-state index is 0.304. The number of aromatic nitrogens is 1. The average Bonchev–Trinajstić information content (AvgIpc) is 2.66. The lowest BCUT2D eigenvalue weighted by molar-refractivity contribution is -0.117. The quantitative estimate of drug-likeness (QED) is 0.916. The molecule has 3 nitrogen and oxygen atoms in total. The van der Waals surface area contributed by atoms with E-state index in [0.717, 1.165) is 17.5 Å². The van der Waals surface area contributed by atoms with E-state index in [0.29, 0.717) is 16.9 Å². The summed E-state index contributed by atoms with van der Waals surface area (Å²) in [5.41, 5.74) is 1.31. The molecule has 1 N–H and O–H groups in total. The normalized spacial score (nSPS) is 15.7. The van der Waals surface area contributed by atoms with Gasteiger partial charge in [-0.25, -0.2) is 0 Å². The maximum Gasteiger partial charge on any atom is 0.413 e. The van der Waals surface area contributed by atoms with Gasteiger partial charge in [-0.2, -0.15) is 13.2 Å². The van der Waals surface area contributed by atoms with Crippen LogP contribution in [0.4, 0.5) is 13.2 Å². The third-order valence-electron chi connectivity index (χ3n) is 3.19. The highest BCUT2D eigenvalue weighted by Crippen LogP contribution is 2.31. The molecule has 0 aromatic carbocycles. The van der Waals surface area contributed by atoms with Crippen LogP contribution in [-0.4, -0.2) is 17.1 Å². The van der Waals surface area contributed by atoms with Gasteiger partial charge in [0, 0.05) is 29.8 Å². The van der Waals surface area contributed by atoms with Gasteiger partial charge in [-0.3, -0.25) is 9.78 Å². The van der Waals surface area contributed by atoms with Crippen LogP contribution in [0.25, 0.3) is 0 Å². The van der Waals surface area contributed by atoms with E-state index in [2.05, 4.69) is 10.3 Å². The Hall–Kier alpha value is -1.76. The molecule has 1 amide bonds. The first-order chi connectivity index (χ1) is 10.4. The predicted molar refractivity (Wildman–Crippen MR) is 79.9 cm³/mol. The van der Waals surface area contributed by atoms with Gasteiger partial charge in [-0.05, 0) is 36.1 Å². The summed E-state index contributed by atoms with van der Waals surface area (Å²) in [7, 11) is 0. The van der Waals surface area contributed by atoms with Gasteiger partial charge in [-0.1, -0.05) is 6.92 Å². The summed E-state index contributed by atoms with van der Waals surface area (Å²) >= 11 is 1.31. The molecule has 22 heavy (non-hydrogen) atoms. The molecule has 0 fully saturated rings. The lowest BCUT2D eigenvalue weighted by atomic mass is 10.1. The van der Waals surface area contributed by atoms with Crippen molar-refractivity contribution in [1.29, 1.82) is 0 Å². The second kappa shape index (κ2) is 7.00. The molecule has 118 valence electrons. The van der Waals surface area contributed by atoms with Gasteiger partial charge < -0.3 is 5.32 Å². The SMILES string of the molecule is CCc1cnccc1CSC1=CCC(C(F)(F)F)=CC(=O)N1. The summed E-state index contributed by atoms with van der Waals surface area (Å²) in [5, 5.41) is 2.93. The van der Waals surface area contributed by atoms with E-state index in [1.165, 1.54) is 17.8 Å². The van der Waals surface area contributed by atoms with Crippen LogP contribution in [0.2, 0.25) is 0 Å². The highest BCUT2D eigenvalue weighted by atomic mass is 32.2. The standard InChI is InChI=1S/C15H15F3N2OS/c1-2-10-8-19-6-5-11(10)9-22-14-4-3-12(15(16,17)18)7-13(21)20-14/h4-8H,2-3,9H2,1H3,(H,20,21). The van der Waals surface area contributed by atoms with Crippen molar-refractivity contribution in [2.45, 2.75) is 31.7 Å². The number of hydrogen-bond donors (Lipinski definition) is 1. The number of hydrogen-bond acceptors (Lipinski definition) is 3. The van der Waals surface area contributed by atoms with E-state index in [4.69, 9.17) is 0 Å². The van der Waals surface area contributed by atoms with E-state index in [-0.39, 0.29) is 6.42 Å². The zero-order chi connectivity index (χ0) is 16.2. The third kappa shape index (κ3) is 4.37. The van der Waals surface area contributed by atoms with Crippen LogP contribution in [0, 0.1) is 0 Å². The maximum atomic E-state index is 12.7. The molecular weight excluding hydrogens is 313 g/mol. The van der Waals surface area contributed by atoms with E-state index in [1.807, 2.05) is 13.0 Å². The first kappa shape index (κ1) is 16.6. The summed E-state index contributed by atoms with van der Waals surface area (Å²) in [5.74, 6) is -0.173. The number of carbonyl (C=O) groups is 1. The number of thioether (sulfide) groups is 1. The number of amides is 1. The molecule has 0 atom stereocenters. The Morgan fingerprint density at radius 1 is 1.36 bits per heavy atom. The van der Waals surface area contributed by atoms with Crippen molar-refractivity contribution in [2.75, 3.05) is 0 Å². The topological polar surface area (TPSA) is 42.0 Å². The highest BCUT2D eigenvalue weighted by Gasteiger charge is 2.34. The van der Waals surface area contributed by atoms with Crippen LogP contribution in [-0.2, 0) is 17.0 Å². The van der Waals surface area contributed by atoms with Crippen molar-refractivity contribution in [3.05, 3.63) is 52.3 Å². The Bertz CT molecular complexity index is 623. The van der Waals surface area contributed by atoms with Crippen LogP contribution in [0.15, 0.2) is 41.2 Å². The summed E-state index contributed by atoms with van der Waals surface area (Å²) in [6.45, 7) is 2.01. The molecular formula is C15H15F3N2OS. The second-order valence-electron chi connectivity index (χ2n) is 4.72. The van der Waals surface area contributed by atoms with Gasteiger partial charge in [0.25, 0.3) is 0 Å². The van der Waals surface area contributed by atoms with Gasteiger partial charge in [0.1, 0.15) is 0 Å². The number of nitrogens with zero attached hydrogens (tertiary/aromatic N) is 1. The first-order valence-corrected chi connectivity index (χ1v) is 7.72. The molecule has 0 saturated carbocycles. The van der Waals surface area contributed by atoms with Crippen molar-refractivity contribution in [2.24, 2.45) is 0 Å². The summed E-state index contributed by atoms with van der Waals surface area (Å²) in [6.07, 6.45) is 1.53. The molecule has 0 saturated heterocycles. The fourth-order valence-electron chi connectivity index (χ4n) is 1.99. The smallest absolute Gasteiger partial charge is 0.317 e. The Kier molecular flexibility index (Phi) is 5.28. The molecule has 1 aromatic rings. The Labute approximate surface area is 130 Å². The minimum Gasteiger partial charge on any atom is -0.317 e. The molecule has 0 spiro atoms. The van der Waals surface area contributed by atoms with Crippen molar-refractivity contribution in [3.63, 3.8) is 0 Å². The minimum atomic E-state index is -4.48. The molecule has 0 unspecified atom stereocenters. The van der Waals surface area contributed by atoms with E-state index < -0.39 is 17.7 Å². The van der Waals surface area contributed by atoms with Gasteiger partial charge in [0.2, 0.25) is 5.91 Å². The molecule has 1 aliphatic heterocycles. The summed E-state index contributed by atoms with van der Waals surface area (Å²) in [4.78, 5) is 15.6. The van der Waals surface area contributed by atoms with Gasteiger partial charge in [-0.15, -0.1) is 11.8 Å². The molecule has 0 bridgehead atoms. The molecule has 7 heteroatoms. The number of allylic oxidation sites excluding steroid dienone is 2. The van der Waals surface area contributed by atoms with Crippen LogP contribution in [0.3, 0.4) is 0 Å². The van der Waals surface area contributed by atoms with E-state index in [1.54, 1.807) is 12.4 Å². The lowest BCUT2D eigenvalue weighted by Gasteiger charge is -2.09. The Balaban J connectivity index is 2.05. The average molecular weight is 328 g/mol. The third-order valence-corrected chi connectivity index (χ3v) is 4.23. The van der Waals surface area contributed by atoms with Crippen LogP contribution < -0.4 is 5.32 Å². The summed E-state index contributed by atoms with van der Waals surface area (Å²) in [6, 6.07) is 1.88. The van der Waals surface area contributed by atoms with Crippen molar-refractivity contribution < 1.29 is 18.0 Å². The summed E-state index contributed by atoms with van der Waals surface area (Å²) < 4.78 is 38.0. The number of carbonyl (C=O) groups excluding carboxylic acids is 1. The molecule has 0 aliphatic carbocycles. The highest BCUT2D eigenvalue weighted by molar-refractivity contribution is 8.02. The van der Waals surface area contributed by atoms with Gasteiger partial charge in [0.05, 0.1) is 5.03 Å². The van der Waals surface area contributed by atoms with Crippen LogP contribution in [0.1, 0.15) is 24.5 Å². The zero-order valence-corrected chi connectivity index (χ0v) is 12.7. The molecule has 2 rings (SSSR count). The maximum absolute atomic E-state index is 12.7. The monoisotopic (exact) mass is 328 g/mol. The van der Waals surface area contributed by atoms with Crippen molar-refractivity contribution in [1.82, 2.24) is 10.3 Å². The first-order valence-electron chi connectivity index (χ1n) is 6.73. The Morgan fingerprint density at radius 2 is 2.14 bits per heavy atom. The predicted octanol–water partition coefficient (Wildman–Crippen LogP) is 3.73. The number of alkyl halides is 3. The van der Waals surface area contributed by atoms with E-state index >= 15 is 0 Å². The van der Waals surface area contributed by atoms with Crippen LogP contribution >= 0.6 is 11.8 Å². The number of aryl methyl sites for hydroxylation is 1. The molecule has 1 aliphatic rings. The molecule has 1 aromatic heterocycles. The van der Waals surface area contributed by atoms with Gasteiger partial charge in [0.15, 0.2) is 0 Å². The molecule has 0 radical (unpaired) electrons. The fourth-order valence-corrected chi connectivity index (χ4v) is 2.96. The van der Waals surface area contributed by atoms with Gasteiger partial charge >= 0.3 is 6.18 Å². The largest absolute Gasteiger partial charge is 0.413 e.